The molecule has 1 aliphatic heterocycles. The minimum Gasteiger partial charge on any atom is -0.489 e. The van der Waals surface area contributed by atoms with Crippen molar-refractivity contribution in [1.29, 1.82) is 0 Å². The van der Waals surface area contributed by atoms with E-state index in [9.17, 15) is 4.79 Å². The molecule has 29 heavy (non-hydrogen) atoms. The summed E-state index contributed by atoms with van der Waals surface area (Å²) in [4.78, 5) is 16.6. The van der Waals surface area contributed by atoms with Crippen molar-refractivity contribution in [3.63, 3.8) is 0 Å². The maximum Gasteiger partial charge on any atom is 0.363 e. The molecular formula is C24H18BrNO3. The van der Waals surface area contributed by atoms with Gasteiger partial charge in [0, 0.05) is 10.0 Å². The number of carbonyl (C=O) groups is 1. The minimum atomic E-state index is -0.457. The van der Waals surface area contributed by atoms with E-state index in [1.807, 2.05) is 79.7 Å². The van der Waals surface area contributed by atoms with E-state index in [0.717, 1.165) is 32.5 Å². The van der Waals surface area contributed by atoms with Gasteiger partial charge in [0.25, 0.3) is 0 Å². The molecule has 1 heterocycles. The summed E-state index contributed by atoms with van der Waals surface area (Å²) in [5.41, 5.74) is 4.07. The number of hydrogen-bond acceptors (Lipinski definition) is 4. The van der Waals surface area contributed by atoms with Crippen LogP contribution in [-0.2, 0) is 16.1 Å². The molecule has 0 unspecified atom stereocenters. The van der Waals surface area contributed by atoms with Crippen LogP contribution in [0.15, 0.2) is 88.0 Å². The normalized spacial score (nSPS) is 14.6. The van der Waals surface area contributed by atoms with Gasteiger partial charge in [0.15, 0.2) is 5.70 Å². The van der Waals surface area contributed by atoms with E-state index in [2.05, 4.69) is 20.9 Å². The molecule has 0 spiro atoms. The SMILES string of the molecule is Cc1ccc(C2=N/C(=C\c3cccc(OCc4ccc(Br)cc4)c3)C(=O)O2)cc1. The molecule has 1 aliphatic rings. The molecule has 5 heteroatoms. The van der Waals surface area contributed by atoms with E-state index in [0.29, 0.717) is 12.5 Å². The first-order valence-corrected chi connectivity index (χ1v) is 9.93. The van der Waals surface area contributed by atoms with Gasteiger partial charge < -0.3 is 9.47 Å². The molecule has 0 bridgehead atoms. The Kier molecular flexibility index (Phi) is 5.58. The smallest absolute Gasteiger partial charge is 0.363 e. The fourth-order valence-corrected chi connectivity index (χ4v) is 3.09. The van der Waals surface area contributed by atoms with Gasteiger partial charge in [-0.15, -0.1) is 0 Å². The van der Waals surface area contributed by atoms with E-state index < -0.39 is 5.97 Å². The predicted molar refractivity (Wildman–Crippen MR) is 117 cm³/mol. The number of hydrogen-bond donors (Lipinski definition) is 0. The zero-order valence-electron chi connectivity index (χ0n) is 15.8. The Morgan fingerprint density at radius 2 is 1.79 bits per heavy atom. The lowest BCUT2D eigenvalue weighted by Crippen LogP contribution is -2.05. The Hall–Kier alpha value is -3.18. The summed E-state index contributed by atoms with van der Waals surface area (Å²) in [5, 5.41) is 0. The molecule has 0 saturated heterocycles. The van der Waals surface area contributed by atoms with E-state index in [1.54, 1.807) is 6.08 Å². The van der Waals surface area contributed by atoms with Crippen LogP contribution in [-0.4, -0.2) is 11.9 Å². The largest absolute Gasteiger partial charge is 0.489 e. The highest BCUT2D eigenvalue weighted by atomic mass is 79.9. The summed E-state index contributed by atoms with van der Waals surface area (Å²) in [6.45, 7) is 2.47. The van der Waals surface area contributed by atoms with Crippen LogP contribution in [0.2, 0.25) is 0 Å². The molecule has 4 nitrogen and oxygen atoms in total. The van der Waals surface area contributed by atoms with Gasteiger partial charge in [-0.1, -0.05) is 57.9 Å². The Morgan fingerprint density at radius 1 is 1.03 bits per heavy atom. The lowest BCUT2D eigenvalue weighted by atomic mass is 10.1. The average molecular weight is 448 g/mol. The van der Waals surface area contributed by atoms with Crippen LogP contribution in [0.4, 0.5) is 0 Å². The molecule has 0 atom stereocenters. The number of aryl methyl sites for hydroxylation is 1. The van der Waals surface area contributed by atoms with Gasteiger partial charge >= 0.3 is 5.97 Å². The zero-order chi connectivity index (χ0) is 20.2. The first kappa shape index (κ1) is 19.2. The third-order valence-corrected chi connectivity index (χ3v) is 4.93. The molecule has 3 aromatic carbocycles. The van der Waals surface area contributed by atoms with Crippen molar-refractivity contribution in [3.05, 3.63) is 105 Å². The summed E-state index contributed by atoms with van der Waals surface area (Å²) in [6, 6.07) is 23.2. The van der Waals surface area contributed by atoms with Crippen LogP contribution in [0.25, 0.3) is 6.08 Å². The van der Waals surface area contributed by atoms with Gasteiger partial charge in [0.1, 0.15) is 12.4 Å². The molecule has 144 valence electrons. The first-order valence-electron chi connectivity index (χ1n) is 9.14. The molecule has 0 amide bonds. The number of aliphatic imine (C=N–C) groups is 1. The Morgan fingerprint density at radius 3 is 2.55 bits per heavy atom. The Bertz CT molecular complexity index is 1100. The van der Waals surface area contributed by atoms with Crippen molar-refractivity contribution in [2.75, 3.05) is 0 Å². The molecule has 4 rings (SSSR count). The van der Waals surface area contributed by atoms with Gasteiger partial charge in [-0.2, -0.15) is 0 Å². The highest BCUT2D eigenvalue weighted by molar-refractivity contribution is 9.10. The number of ether oxygens (including phenoxy) is 2. The zero-order valence-corrected chi connectivity index (χ0v) is 17.3. The number of rotatable bonds is 5. The van der Waals surface area contributed by atoms with Crippen molar-refractivity contribution in [2.24, 2.45) is 4.99 Å². The lowest BCUT2D eigenvalue weighted by molar-refractivity contribution is -0.129. The van der Waals surface area contributed by atoms with E-state index in [-0.39, 0.29) is 5.70 Å². The van der Waals surface area contributed by atoms with E-state index in [1.165, 1.54) is 0 Å². The Labute approximate surface area is 177 Å². The standard InChI is InChI=1S/C24H18BrNO3/c1-16-5-9-19(10-6-16)23-26-22(24(27)29-23)14-18-3-2-4-21(13-18)28-15-17-7-11-20(25)12-8-17/h2-14H,15H2,1H3/b22-14-. The number of benzene rings is 3. The number of halogens is 1. The first-order chi connectivity index (χ1) is 14.1. The summed E-state index contributed by atoms with van der Waals surface area (Å²) in [6.07, 6.45) is 1.70. The summed E-state index contributed by atoms with van der Waals surface area (Å²) >= 11 is 3.42. The number of esters is 1. The molecule has 0 saturated carbocycles. The fourth-order valence-electron chi connectivity index (χ4n) is 2.83. The van der Waals surface area contributed by atoms with Crippen LogP contribution in [0, 0.1) is 6.92 Å². The van der Waals surface area contributed by atoms with Crippen LogP contribution in [0.3, 0.4) is 0 Å². The highest BCUT2D eigenvalue weighted by Gasteiger charge is 2.24. The van der Waals surface area contributed by atoms with Gasteiger partial charge in [0.2, 0.25) is 5.90 Å². The minimum absolute atomic E-state index is 0.269. The van der Waals surface area contributed by atoms with E-state index >= 15 is 0 Å². The number of nitrogens with zero attached hydrogens (tertiary/aromatic N) is 1. The van der Waals surface area contributed by atoms with Crippen molar-refractivity contribution >= 4 is 33.9 Å². The molecule has 0 N–H and O–H groups in total. The topological polar surface area (TPSA) is 47.9 Å². The second kappa shape index (κ2) is 8.45. The Balaban J connectivity index is 1.50. The molecular weight excluding hydrogens is 430 g/mol. The second-order valence-electron chi connectivity index (χ2n) is 6.69. The molecule has 0 aromatic heterocycles. The van der Waals surface area contributed by atoms with E-state index in [4.69, 9.17) is 9.47 Å². The van der Waals surface area contributed by atoms with Crippen LogP contribution < -0.4 is 4.74 Å². The number of cyclic esters (lactones) is 1. The van der Waals surface area contributed by atoms with Gasteiger partial charge in [0.05, 0.1) is 0 Å². The monoisotopic (exact) mass is 447 g/mol. The molecule has 0 radical (unpaired) electrons. The predicted octanol–water partition coefficient (Wildman–Crippen LogP) is 5.68. The summed E-state index contributed by atoms with van der Waals surface area (Å²) in [7, 11) is 0. The van der Waals surface area contributed by atoms with Crippen LogP contribution in [0.1, 0.15) is 22.3 Å². The summed E-state index contributed by atoms with van der Waals surface area (Å²) in [5.74, 6) is 0.585. The second-order valence-corrected chi connectivity index (χ2v) is 7.61. The van der Waals surface area contributed by atoms with Crippen LogP contribution in [0.5, 0.6) is 5.75 Å². The number of carbonyl (C=O) groups excluding carboxylic acids is 1. The molecule has 0 aliphatic carbocycles. The van der Waals surface area contributed by atoms with Crippen molar-refractivity contribution in [2.45, 2.75) is 13.5 Å². The summed E-state index contributed by atoms with van der Waals surface area (Å²) < 4.78 is 12.2. The van der Waals surface area contributed by atoms with Crippen molar-refractivity contribution in [3.8, 4) is 5.75 Å². The highest BCUT2D eigenvalue weighted by Crippen LogP contribution is 2.22. The maximum atomic E-state index is 12.2. The maximum absolute atomic E-state index is 12.2. The third-order valence-electron chi connectivity index (χ3n) is 4.40. The van der Waals surface area contributed by atoms with Crippen molar-refractivity contribution in [1.82, 2.24) is 0 Å². The average Bonchev–Trinajstić information content (AvgIpc) is 3.09. The van der Waals surface area contributed by atoms with Crippen LogP contribution >= 0.6 is 15.9 Å². The third kappa shape index (κ3) is 4.81. The van der Waals surface area contributed by atoms with Gasteiger partial charge in [-0.05, 0) is 60.5 Å². The van der Waals surface area contributed by atoms with Gasteiger partial charge in [-0.25, -0.2) is 9.79 Å². The fraction of sp³-hybridized carbons (Fsp3) is 0.0833. The van der Waals surface area contributed by atoms with Gasteiger partial charge in [-0.3, -0.25) is 0 Å². The molecule has 3 aromatic rings. The molecule has 0 fully saturated rings. The quantitative estimate of drug-likeness (QED) is 0.373. The van der Waals surface area contributed by atoms with Crippen molar-refractivity contribution < 1.29 is 14.3 Å². The lowest BCUT2D eigenvalue weighted by Gasteiger charge is -2.07.